The molecule has 7 nitrogen and oxygen atoms in total. The summed E-state index contributed by atoms with van der Waals surface area (Å²) in [5.74, 6) is 0.883. The molecule has 0 aromatic carbocycles. The molecule has 0 bridgehead atoms. The molecule has 158 valence electrons. The van der Waals surface area contributed by atoms with Crippen LogP contribution in [0.3, 0.4) is 0 Å². The largest absolute Gasteiger partial charge is 0.383 e. The maximum absolute atomic E-state index is 5.54. The van der Waals surface area contributed by atoms with E-state index in [0.717, 1.165) is 58.5 Å². The highest BCUT2D eigenvalue weighted by Gasteiger charge is 2.25. The minimum absolute atomic E-state index is 0.354. The molecule has 28 heavy (non-hydrogen) atoms. The quantitative estimate of drug-likeness (QED) is 0.475. The molecule has 0 amide bonds. The number of ether oxygens (including phenoxy) is 2. The van der Waals surface area contributed by atoms with Crippen LogP contribution in [-0.2, 0) is 9.47 Å². The Kier molecular flexibility index (Phi) is 9.01. The van der Waals surface area contributed by atoms with E-state index in [-0.39, 0.29) is 0 Å². The molecule has 2 unspecified atom stereocenters. The van der Waals surface area contributed by atoms with Crippen molar-refractivity contribution in [1.29, 1.82) is 0 Å². The summed E-state index contributed by atoms with van der Waals surface area (Å²) in [7, 11) is 3.62. The molecule has 0 radical (unpaired) electrons. The summed E-state index contributed by atoms with van der Waals surface area (Å²) in [5.41, 5.74) is 0. The number of nitrogens with zero attached hydrogens (tertiary/aromatic N) is 3. The van der Waals surface area contributed by atoms with Crippen molar-refractivity contribution in [3.63, 3.8) is 0 Å². The van der Waals surface area contributed by atoms with Crippen molar-refractivity contribution in [1.82, 2.24) is 20.4 Å². The SMILES string of the molecule is CN=C(NCC1CCCN1CCOC)NCC(c1cccs1)N1CCOCC1. The second-order valence-electron chi connectivity index (χ2n) is 7.34. The highest BCUT2D eigenvalue weighted by molar-refractivity contribution is 7.10. The number of nitrogens with one attached hydrogen (secondary N) is 2. The number of morpholine rings is 1. The lowest BCUT2D eigenvalue weighted by molar-refractivity contribution is 0.0177. The summed E-state index contributed by atoms with van der Waals surface area (Å²) < 4.78 is 10.8. The first-order chi connectivity index (χ1) is 13.8. The van der Waals surface area contributed by atoms with E-state index in [1.54, 1.807) is 7.11 Å². The van der Waals surface area contributed by atoms with Gasteiger partial charge in [0.05, 0.1) is 25.9 Å². The molecule has 3 rings (SSSR count). The van der Waals surface area contributed by atoms with Gasteiger partial charge in [-0.05, 0) is 30.8 Å². The van der Waals surface area contributed by atoms with Crippen LogP contribution in [0, 0.1) is 0 Å². The van der Waals surface area contributed by atoms with Crippen LogP contribution in [0.2, 0.25) is 0 Å². The third-order valence-corrected chi connectivity index (χ3v) is 6.60. The first-order valence-electron chi connectivity index (χ1n) is 10.3. The molecule has 2 N–H and O–H groups in total. The van der Waals surface area contributed by atoms with Gasteiger partial charge in [0.15, 0.2) is 5.96 Å². The van der Waals surface area contributed by atoms with E-state index >= 15 is 0 Å². The minimum atomic E-state index is 0.354. The fourth-order valence-corrected chi connectivity index (χ4v) is 4.90. The normalized spacial score (nSPS) is 23.1. The highest BCUT2D eigenvalue weighted by Crippen LogP contribution is 2.25. The van der Waals surface area contributed by atoms with Crippen LogP contribution in [0.5, 0.6) is 0 Å². The predicted molar refractivity (Wildman–Crippen MR) is 115 cm³/mol. The number of thiophene rings is 1. The smallest absolute Gasteiger partial charge is 0.191 e. The molecule has 2 atom stereocenters. The highest BCUT2D eigenvalue weighted by atomic mass is 32.1. The molecule has 2 aliphatic heterocycles. The summed E-state index contributed by atoms with van der Waals surface area (Å²) in [5, 5.41) is 9.25. The number of rotatable bonds is 9. The van der Waals surface area contributed by atoms with Gasteiger partial charge in [0.2, 0.25) is 0 Å². The zero-order chi connectivity index (χ0) is 19.6. The first kappa shape index (κ1) is 21.5. The van der Waals surface area contributed by atoms with Crippen LogP contribution in [0.1, 0.15) is 23.8 Å². The van der Waals surface area contributed by atoms with Crippen LogP contribution in [0.15, 0.2) is 22.5 Å². The molecule has 3 heterocycles. The van der Waals surface area contributed by atoms with Crippen LogP contribution in [0.25, 0.3) is 0 Å². The van der Waals surface area contributed by atoms with Crippen LogP contribution < -0.4 is 10.6 Å². The molecular formula is C20H35N5O2S. The number of hydrogen-bond donors (Lipinski definition) is 2. The van der Waals surface area contributed by atoms with E-state index in [9.17, 15) is 0 Å². The van der Waals surface area contributed by atoms with Crippen molar-refractivity contribution in [2.24, 2.45) is 4.99 Å². The zero-order valence-corrected chi connectivity index (χ0v) is 18.0. The molecule has 1 aromatic rings. The van der Waals surface area contributed by atoms with Crippen molar-refractivity contribution >= 4 is 17.3 Å². The van der Waals surface area contributed by atoms with E-state index < -0.39 is 0 Å². The first-order valence-corrected chi connectivity index (χ1v) is 11.2. The van der Waals surface area contributed by atoms with Crippen molar-refractivity contribution in [3.8, 4) is 0 Å². The lowest BCUT2D eigenvalue weighted by Crippen LogP contribution is -2.48. The topological polar surface area (TPSA) is 61.4 Å². The Morgan fingerprint density at radius 2 is 2.21 bits per heavy atom. The molecule has 2 aliphatic rings. The maximum Gasteiger partial charge on any atom is 0.191 e. The van der Waals surface area contributed by atoms with Gasteiger partial charge in [-0.1, -0.05) is 6.07 Å². The van der Waals surface area contributed by atoms with Gasteiger partial charge in [0.25, 0.3) is 0 Å². The lowest BCUT2D eigenvalue weighted by Gasteiger charge is -2.34. The molecule has 0 saturated carbocycles. The number of likely N-dealkylation sites (tertiary alicyclic amines) is 1. The third kappa shape index (κ3) is 6.15. The number of aliphatic imine (C=N–C) groups is 1. The van der Waals surface area contributed by atoms with E-state index in [4.69, 9.17) is 9.47 Å². The Bertz CT molecular complexity index is 577. The van der Waals surface area contributed by atoms with E-state index in [1.807, 2.05) is 18.4 Å². The van der Waals surface area contributed by atoms with Gasteiger partial charge >= 0.3 is 0 Å². The standard InChI is InChI=1S/C20H35N5O2S/c1-21-20(22-15-17-5-3-7-24(17)8-11-26-2)23-16-18(19-6-4-14-28-19)25-9-12-27-13-10-25/h4,6,14,17-18H,3,5,7-13,15-16H2,1-2H3,(H2,21,22,23). The summed E-state index contributed by atoms with van der Waals surface area (Å²) in [6.07, 6.45) is 2.50. The van der Waals surface area contributed by atoms with Gasteiger partial charge < -0.3 is 20.1 Å². The van der Waals surface area contributed by atoms with Crippen molar-refractivity contribution in [2.75, 3.05) is 73.2 Å². The average molecular weight is 410 g/mol. The Morgan fingerprint density at radius 3 is 2.93 bits per heavy atom. The van der Waals surface area contributed by atoms with Crippen molar-refractivity contribution < 1.29 is 9.47 Å². The lowest BCUT2D eigenvalue weighted by atomic mass is 10.2. The zero-order valence-electron chi connectivity index (χ0n) is 17.2. The number of methoxy groups -OCH3 is 1. The van der Waals surface area contributed by atoms with Gasteiger partial charge in [0, 0.05) is 57.8 Å². The minimum Gasteiger partial charge on any atom is -0.383 e. The van der Waals surface area contributed by atoms with Gasteiger partial charge in [-0.25, -0.2) is 0 Å². The van der Waals surface area contributed by atoms with E-state index in [2.05, 4.69) is 42.9 Å². The molecule has 2 saturated heterocycles. The van der Waals surface area contributed by atoms with Crippen LogP contribution in [0.4, 0.5) is 0 Å². The second kappa shape index (κ2) is 11.7. The number of hydrogen-bond acceptors (Lipinski definition) is 6. The van der Waals surface area contributed by atoms with Crippen LogP contribution >= 0.6 is 11.3 Å². The Labute approximate surface area is 173 Å². The monoisotopic (exact) mass is 409 g/mol. The molecular weight excluding hydrogens is 374 g/mol. The van der Waals surface area contributed by atoms with Gasteiger partial charge in [-0.15, -0.1) is 11.3 Å². The number of guanidine groups is 1. The Hall–Kier alpha value is -1.19. The second-order valence-corrected chi connectivity index (χ2v) is 8.32. The van der Waals surface area contributed by atoms with Gasteiger partial charge in [-0.2, -0.15) is 0 Å². The molecule has 1 aromatic heterocycles. The maximum atomic E-state index is 5.54. The summed E-state index contributed by atoms with van der Waals surface area (Å²) >= 11 is 1.82. The van der Waals surface area contributed by atoms with Crippen LogP contribution in [-0.4, -0.2) is 95.0 Å². The van der Waals surface area contributed by atoms with Gasteiger partial charge in [-0.3, -0.25) is 14.8 Å². The predicted octanol–water partition coefficient (Wildman–Crippen LogP) is 1.40. The average Bonchev–Trinajstić information content (AvgIpc) is 3.42. The third-order valence-electron chi connectivity index (χ3n) is 5.63. The summed E-state index contributed by atoms with van der Waals surface area (Å²) in [6.45, 7) is 8.32. The molecule has 0 spiro atoms. The fraction of sp³-hybridized carbons (Fsp3) is 0.750. The molecule has 8 heteroatoms. The molecule has 2 fully saturated rings. The van der Waals surface area contributed by atoms with Crippen molar-refractivity contribution in [2.45, 2.75) is 24.9 Å². The summed E-state index contributed by atoms with van der Waals surface area (Å²) in [6, 6.07) is 5.28. The van der Waals surface area contributed by atoms with Gasteiger partial charge in [0.1, 0.15) is 0 Å². The Morgan fingerprint density at radius 1 is 1.36 bits per heavy atom. The van der Waals surface area contributed by atoms with E-state index in [0.29, 0.717) is 12.1 Å². The molecule has 0 aliphatic carbocycles. The Balaban J connectivity index is 1.50. The van der Waals surface area contributed by atoms with Crippen molar-refractivity contribution in [3.05, 3.63) is 22.4 Å². The fourth-order valence-electron chi connectivity index (χ4n) is 4.04. The summed E-state index contributed by atoms with van der Waals surface area (Å²) in [4.78, 5) is 10.9. The van der Waals surface area contributed by atoms with E-state index in [1.165, 1.54) is 24.3 Å².